The van der Waals surface area contributed by atoms with Gasteiger partial charge in [0.05, 0.1) is 25.3 Å². The Morgan fingerprint density at radius 2 is 2.04 bits per heavy atom. The van der Waals surface area contributed by atoms with E-state index < -0.39 is 11.9 Å². The van der Waals surface area contributed by atoms with Crippen molar-refractivity contribution >= 4 is 23.2 Å². The van der Waals surface area contributed by atoms with Crippen molar-refractivity contribution in [3.63, 3.8) is 0 Å². The molecular weight excluding hydrogens is 342 g/mol. The van der Waals surface area contributed by atoms with Crippen LogP contribution in [0, 0.1) is 18.3 Å². The number of hydrogen-bond donors (Lipinski definition) is 1. The van der Waals surface area contributed by atoms with Gasteiger partial charge in [0, 0.05) is 12.1 Å². The Labute approximate surface area is 149 Å². The van der Waals surface area contributed by atoms with Crippen LogP contribution in [-0.4, -0.2) is 37.1 Å². The minimum absolute atomic E-state index is 0.207. The Balaban J connectivity index is 2.00. The van der Waals surface area contributed by atoms with Gasteiger partial charge in [-0.3, -0.25) is 4.79 Å². The fraction of sp³-hybridized carbons (Fsp3) is 0.294. The van der Waals surface area contributed by atoms with E-state index in [0.717, 1.165) is 11.3 Å². The molecule has 1 N–H and O–H groups in total. The van der Waals surface area contributed by atoms with Crippen molar-refractivity contribution < 1.29 is 19.1 Å². The first-order valence-corrected chi connectivity index (χ1v) is 8.29. The molecule has 0 unspecified atom stereocenters. The van der Waals surface area contributed by atoms with E-state index in [2.05, 4.69) is 10.3 Å². The van der Waals surface area contributed by atoms with Gasteiger partial charge >= 0.3 is 5.97 Å². The highest BCUT2D eigenvalue weighted by molar-refractivity contribution is 7.17. The molecule has 1 heterocycles. The first kappa shape index (κ1) is 18.4. The van der Waals surface area contributed by atoms with E-state index in [9.17, 15) is 9.59 Å². The van der Waals surface area contributed by atoms with E-state index in [1.165, 1.54) is 11.3 Å². The first-order chi connectivity index (χ1) is 12.0. The molecule has 0 aliphatic carbocycles. The average molecular weight is 359 g/mol. The van der Waals surface area contributed by atoms with Crippen LogP contribution in [0.1, 0.15) is 21.8 Å². The predicted molar refractivity (Wildman–Crippen MR) is 92.4 cm³/mol. The number of carbonyl (C=O) groups excluding carboxylic acids is 2. The van der Waals surface area contributed by atoms with Crippen molar-refractivity contribution in [1.29, 1.82) is 5.26 Å². The molecule has 0 spiro atoms. The zero-order chi connectivity index (χ0) is 18.2. The Bertz CT molecular complexity index is 793. The van der Waals surface area contributed by atoms with Crippen LogP contribution < -0.4 is 10.1 Å². The molecule has 7 nitrogen and oxygen atoms in total. The zero-order valence-electron chi connectivity index (χ0n) is 13.9. The van der Waals surface area contributed by atoms with E-state index in [1.54, 1.807) is 14.0 Å². The number of nitrogens with zero attached hydrogens (tertiary/aromatic N) is 2. The molecule has 0 atom stereocenters. The number of benzene rings is 1. The normalized spacial score (nSPS) is 9.96. The van der Waals surface area contributed by atoms with Crippen LogP contribution in [0.25, 0.3) is 10.6 Å². The maximum absolute atomic E-state index is 12.1. The minimum Gasteiger partial charge on any atom is -0.497 e. The van der Waals surface area contributed by atoms with Gasteiger partial charge in [-0.2, -0.15) is 5.26 Å². The zero-order valence-corrected chi connectivity index (χ0v) is 14.7. The molecule has 0 aliphatic rings. The number of rotatable bonds is 7. The molecule has 0 bridgehead atoms. The van der Waals surface area contributed by atoms with Gasteiger partial charge in [-0.1, -0.05) is 0 Å². The minimum atomic E-state index is -0.592. The standard InChI is InChI=1S/C17H17N3O4S/c1-11-15(17(22)24-10-14(21)19-9-3-8-18)25-16(20-11)12-4-6-13(23-2)7-5-12/h4-7H,3,9-10H2,1-2H3,(H,19,21). The fourth-order valence-corrected chi connectivity index (χ4v) is 2.91. The van der Waals surface area contributed by atoms with Crippen molar-refractivity contribution in [3.05, 3.63) is 34.8 Å². The summed E-state index contributed by atoms with van der Waals surface area (Å²) in [6.07, 6.45) is 0.207. The lowest BCUT2D eigenvalue weighted by molar-refractivity contribution is -0.124. The summed E-state index contributed by atoms with van der Waals surface area (Å²) in [7, 11) is 1.59. The molecule has 0 fully saturated rings. The van der Waals surface area contributed by atoms with Crippen LogP contribution >= 0.6 is 11.3 Å². The van der Waals surface area contributed by atoms with Gasteiger partial charge in [0.25, 0.3) is 5.91 Å². The number of amides is 1. The van der Waals surface area contributed by atoms with Crippen LogP contribution in [0.3, 0.4) is 0 Å². The smallest absolute Gasteiger partial charge is 0.350 e. The largest absolute Gasteiger partial charge is 0.497 e. The summed E-state index contributed by atoms with van der Waals surface area (Å²) >= 11 is 1.21. The third-order valence-corrected chi connectivity index (χ3v) is 4.40. The van der Waals surface area contributed by atoms with Crippen LogP contribution in [0.4, 0.5) is 0 Å². The second-order valence-corrected chi connectivity index (χ2v) is 6.00. The SMILES string of the molecule is COc1ccc(-c2nc(C)c(C(=O)OCC(=O)NCCC#N)s2)cc1. The molecule has 25 heavy (non-hydrogen) atoms. The highest BCUT2D eigenvalue weighted by Crippen LogP contribution is 2.29. The molecule has 2 rings (SSSR count). The number of nitriles is 1. The monoisotopic (exact) mass is 359 g/mol. The highest BCUT2D eigenvalue weighted by atomic mass is 32.1. The summed E-state index contributed by atoms with van der Waals surface area (Å²) in [5, 5.41) is 11.6. The fourth-order valence-electron chi connectivity index (χ4n) is 1.95. The number of carbonyl (C=O) groups is 2. The summed E-state index contributed by atoms with van der Waals surface area (Å²) in [6, 6.07) is 9.25. The number of hydrogen-bond acceptors (Lipinski definition) is 7. The van der Waals surface area contributed by atoms with Gasteiger partial charge < -0.3 is 14.8 Å². The van der Waals surface area contributed by atoms with Gasteiger partial charge in [-0.25, -0.2) is 9.78 Å². The van der Waals surface area contributed by atoms with E-state index >= 15 is 0 Å². The van der Waals surface area contributed by atoms with Crippen LogP contribution in [0.15, 0.2) is 24.3 Å². The molecule has 1 aromatic heterocycles. The third-order valence-electron chi connectivity index (χ3n) is 3.21. The van der Waals surface area contributed by atoms with E-state index in [4.69, 9.17) is 14.7 Å². The molecule has 0 saturated heterocycles. The lowest BCUT2D eigenvalue weighted by Gasteiger charge is -2.04. The Kier molecular flexibility index (Phi) is 6.48. The molecule has 8 heteroatoms. The molecule has 1 amide bonds. The van der Waals surface area contributed by atoms with Crippen molar-refractivity contribution in [2.24, 2.45) is 0 Å². The number of nitrogens with one attached hydrogen (secondary N) is 1. The summed E-state index contributed by atoms with van der Waals surface area (Å²) < 4.78 is 10.1. The molecule has 0 radical (unpaired) electrons. The van der Waals surface area contributed by atoms with E-state index in [0.29, 0.717) is 15.6 Å². The van der Waals surface area contributed by atoms with Gasteiger partial charge in [0.2, 0.25) is 0 Å². The molecular formula is C17H17N3O4S. The van der Waals surface area contributed by atoms with E-state index in [1.807, 2.05) is 30.3 Å². The molecule has 0 aliphatic heterocycles. The first-order valence-electron chi connectivity index (χ1n) is 7.47. The lowest BCUT2D eigenvalue weighted by atomic mass is 10.2. The summed E-state index contributed by atoms with van der Waals surface area (Å²) in [5.41, 5.74) is 1.41. The van der Waals surface area contributed by atoms with E-state index in [-0.39, 0.29) is 19.6 Å². The second kappa shape index (κ2) is 8.80. The highest BCUT2D eigenvalue weighted by Gasteiger charge is 2.18. The van der Waals surface area contributed by atoms with Crippen molar-refractivity contribution in [3.8, 4) is 22.4 Å². The Morgan fingerprint density at radius 3 is 2.68 bits per heavy atom. The summed E-state index contributed by atoms with van der Waals surface area (Å²) in [5.74, 6) is -0.301. The predicted octanol–water partition coefficient (Wildman–Crippen LogP) is 2.31. The summed E-state index contributed by atoms with van der Waals surface area (Å²) in [6.45, 7) is 1.56. The maximum atomic E-state index is 12.1. The molecule has 2 aromatic rings. The van der Waals surface area contributed by atoms with Crippen LogP contribution in [0.5, 0.6) is 5.75 Å². The number of ether oxygens (including phenoxy) is 2. The van der Waals surface area contributed by atoms with Gasteiger partial charge in [0.15, 0.2) is 6.61 Å². The van der Waals surface area contributed by atoms with Crippen molar-refractivity contribution in [2.75, 3.05) is 20.3 Å². The number of esters is 1. The maximum Gasteiger partial charge on any atom is 0.350 e. The number of aryl methyl sites for hydroxylation is 1. The quantitative estimate of drug-likeness (QED) is 0.601. The van der Waals surface area contributed by atoms with Gasteiger partial charge in [0.1, 0.15) is 15.6 Å². The Morgan fingerprint density at radius 1 is 1.32 bits per heavy atom. The van der Waals surface area contributed by atoms with Crippen molar-refractivity contribution in [1.82, 2.24) is 10.3 Å². The number of methoxy groups -OCH3 is 1. The van der Waals surface area contributed by atoms with Crippen LogP contribution in [0.2, 0.25) is 0 Å². The molecule has 1 aromatic carbocycles. The number of aromatic nitrogens is 1. The Hall–Kier alpha value is -2.92. The van der Waals surface area contributed by atoms with Crippen LogP contribution in [-0.2, 0) is 9.53 Å². The summed E-state index contributed by atoms with van der Waals surface area (Å²) in [4.78, 5) is 28.4. The number of thiazole rings is 1. The molecule has 130 valence electrons. The van der Waals surface area contributed by atoms with Gasteiger partial charge in [-0.15, -0.1) is 11.3 Å². The lowest BCUT2D eigenvalue weighted by Crippen LogP contribution is -2.29. The average Bonchev–Trinajstić information content (AvgIpc) is 3.02. The molecule has 0 saturated carbocycles. The third kappa shape index (κ3) is 5.02. The second-order valence-electron chi connectivity index (χ2n) is 5.00. The van der Waals surface area contributed by atoms with Crippen molar-refractivity contribution in [2.45, 2.75) is 13.3 Å². The topological polar surface area (TPSA) is 101 Å². The van der Waals surface area contributed by atoms with Gasteiger partial charge in [-0.05, 0) is 31.2 Å².